The number of hydrogen-bond acceptors (Lipinski definition) is 1. The largest absolute Gasteiger partial charge is 0.329 e. The van der Waals surface area contributed by atoms with Crippen LogP contribution >= 0.6 is 0 Å². The Morgan fingerprint density at radius 3 is 2.92 bits per heavy atom. The molecule has 0 aromatic carbocycles. The molecule has 64 valence electrons. The minimum absolute atomic E-state index is 0.00699. The Morgan fingerprint density at radius 2 is 2.33 bits per heavy atom. The van der Waals surface area contributed by atoms with Crippen molar-refractivity contribution in [1.82, 2.24) is 4.98 Å². The van der Waals surface area contributed by atoms with Gasteiger partial charge in [-0.3, -0.25) is 4.79 Å². The zero-order valence-corrected chi connectivity index (χ0v) is 7.42. The fourth-order valence-electron chi connectivity index (χ4n) is 1.19. The van der Waals surface area contributed by atoms with Crippen LogP contribution in [0.5, 0.6) is 0 Å². The van der Waals surface area contributed by atoms with Crippen molar-refractivity contribution in [1.29, 1.82) is 0 Å². The zero-order chi connectivity index (χ0) is 8.97. The number of H-pyrrole nitrogens is 1. The Kier molecular flexibility index (Phi) is 2.86. The normalized spacial score (nSPS) is 10.8. The van der Waals surface area contributed by atoms with Crippen molar-refractivity contribution in [2.24, 2.45) is 0 Å². The number of aryl methyl sites for hydroxylation is 1. The number of aromatic nitrogens is 1. The van der Waals surface area contributed by atoms with Gasteiger partial charge in [-0.25, -0.2) is 0 Å². The summed E-state index contributed by atoms with van der Waals surface area (Å²) >= 11 is 0. The zero-order valence-electron chi connectivity index (χ0n) is 7.42. The summed E-state index contributed by atoms with van der Waals surface area (Å²) < 4.78 is 0. The van der Waals surface area contributed by atoms with Gasteiger partial charge in [0.2, 0.25) is 0 Å². The van der Waals surface area contributed by atoms with E-state index in [1.165, 1.54) is 0 Å². The Bertz CT molecular complexity index is 336. The van der Waals surface area contributed by atoms with E-state index in [0.29, 0.717) is 0 Å². The molecule has 1 N–H and O–H groups in total. The summed E-state index contributed by atoms with van der Waals surface area (Å²) in [5, 5.41) is 0. The SMILES string of the molecule is C/C=C\c1c(CC)cc[nH]c1=O. The fraction of sp³-hybridized carbons (Fsp3) is 0.300. The van der Waals surface area contributed by atoms with Gasteiger partial charge in [0.1, 0.15) is 0 Å². The van der Waals surface area contributed by atoms with Crippen molar-refractivity contribution in [2.75, 3.05) is 0 Å². The van der Waals surface area contributed by atoms with Gasteiger partial charge in [-0.1, -0.05) is 19.1 Å². The van der Waals surface area contributed by atoms with Crippen LogP contribution in [0.3, 0.4) is 0 Å². The van der Waals surface area contributed by atoms with Gasteiger partial charge in [-0.05, 0) is 25.0 Å². The monoisotopic (exact) mass is 163 g/mol. The molecule has 1 heterocycles. The van der Waals surface area contributed by atoms with Crippen molar-refractivity contribution in [3.8, 4) is 0 Å². The van der Waals surface area contributed by atoms with Gasteiger partial charge in [0, 0.05) is 11.8 Å². The van der Waals surface area contributed by atoms with Gasteiger partial charge in [0.25, 0.3) is 5.56 Å². The highest BCUT2D eigenvalue weighted by atomic mass is 16.1. The third-order valence-corrected chi connectivity index (χ3v) is 1.80. The van der Waals surface area contributed by atoms with Crippen LogP contribution in [0.1, 0.15) is 25.0 Å². The van der Waals surface area contributed by atoms with Crippen molar-refractivity contribution < 1.29 is 0 Å². The summed E-state index contributed by atoms with van der Waals surface area (Å²) in [6, 6.07) is 1.94. The Balaban J connectivity index is 3.29. The van der Waals surface area contributed by atoms with E-state index < -0.39 is 0 Å². The predicted octanol–water partition coefficient (Wildman–Crippen LogP) is 1.97. The lowest BCUT2D eigenvalue weighted by Gasteiger charge is -1.99. The smallest absolute Gasteiger partial charge is 0.255 e. The lowest BCUT2D eigenvalue weighted by Crippen LogP contribution is -2.10. The molecular weight excluding hydrogens is 150 g/mol. The number of rotatable bonds is 2. The molecule has 12 heavy (non-hydrogen) atoms. The minimum Gasteiger partial charge on any atom is -0.329 e. The molecule has 1 aromatic heterocycles. The van der Waals surface area contributed by atoms with E-state index in [9.17, 15) is 4.79 Å². The van der Waals surface area contributed by atoms with Gasteiger partial charge in [-0.2, -0.15) is 0 Å². The standard InChI is InChI=1S/C10H13NO/c1-3-5-9-8(4-2)6-7-11-10(9)12/h3,5-7H,4H2,1-2H3,(H,11,12)/b5-3-. The maximum absolute atomic E-state index is 11.3. The summed E-state index contributed by atoms with van der Waals surface area (Å²) in [6.45, 7) is 3.95. The molecule has 0 bridgehead atoms. The Morgan fingerprint density at radius 1 is 1.58 bits per heavy atom. The lowest BCUT2D eigenvalue weighted by atomic mass is 10.1. The van der Waals surface area contributed by atoms with Crippen LogP contribution < -0.4 is 5.56 Å². The Hall–Kier alpha value is -1.31. The van der Waals surface area contributed by atoms with Gasteiger partial charge >= 0.3 is 0 Å². The van der Waals surface area contributed by atoms with Gasteiger partial charge < -0.3 is 4.98 Å². The van der Waals surface area contributed by atoms with Crippen LogP contribution in [-0.2, 0) is 6.42 Å². The summed E-state index contributed by atoms with van der Waals surface area (Å²) in [5.41, 5.74) is 1.87. The van der Waals surface area contributed by atoms with E-state index in [0.717, 1.165) is 17.5 Å². The highest BCUT2D eigenvalue weighted by Crippen LogP contribution is 2.04. The minimum atomic E-state index is -0.00699. The number of nitrogens with one attached hydrogen (secondary N) is 1. The molecule has 0 aliphatic heterocycles. The molecule has 1 aromatic rings. The van der Waals surface area contributed by atoms with E-state index in [1.807, 2.05) is 32.1 Å². The van der Waals surface area contributed by atoms with Crippen LogP contribution in [0, 0.1) is 0 Å². The molecule has 0 spiro atoms. The van der Waals surface area contributed by atoms with Gasteiger partial charge in [-0.15, -0.1) is 0 Å². The molecule has 0 radical (unpaired) electrons. The van der Waals surface area contributed by atoms with Crippen molar-refractivity contribution in [2.45, 2.75) is 20.3 Å². The second-order valence-corrected chi connectivity index (χ2v) is 2.60. The first-order valence-electron chi connectivity index (χ1n) is 4.12. The lowest BCUT2D eigenvalue weighted by molar-refractivity contribution is 1.09. The van der Waals surface area contributed by atoms with Gasteiger partial charge in [0.15, 0.2) is 0 Å². The summed E-state index contributed by atoms with van der Waals surface area (Å²) in [6.07, 6.45) is 6.30. The predicted molar refractivity (Wildman–Crippen MR) is 51.1 cm³/mol. The molecule has 0 saturated carbocycles. The molecule has 1 rings (SSSR count). The van der Waals surface area contributed by atoms with E-state index in [2.05, 4.69) is 4.98 Å². The van der Waals surface area contributed by atoms with Crippen LogP contribution in [0.4, 0.5) is 0 Å². The number of pyridine rings is 1. The van der Waals surface area contributed by atoms with Crippen LogP contribution in [0.2, 0.25) is 0 Å². The first kappa shape index (κ1) is 8.78. The molecule has 0 saturated heterocycles. The number of allylic oxidation sites excluding steroid dienone is 1. The molecule has 0 amide bonds. The molecule has 0 aliphatic rings. The van der Waals surface area contributed by atoms with E-state index in [1.54, 1.807) is 6.20 Å². The van der Waals surface area contributed by atoms with Crippen molar-refractivity contribution in [3.05, 3.63) is 39.8 Å². The molecule has 2 nitrogen and oxygen atoms in total. The molecule has 0 aliphatic carbocycles. The quantitative estimate of drug-likeness (QED) is 0.710. The van der Waals surface area contributed by atoms with Crippen molar-refractivity contribution >= 4 is 6.08 Å². The van der Waals surface area contributed by atoms with E-state index in [4.69, 9.17) is 0 Å². The number of aromatic amines is 1. The average molecular weight is 163 g/mol. The third kappa shape index (κ3) is 1.64. The molecule has 0 atom stereocenters. The van der Waals surface area contributed by atoms with E-state index in [-0.39, 0.29) is 5.56 Å². The number of hydrogen-bond donors (Lipinski definition) is 1. The van der Waals surface area contributed by atoms with Crippen LogP contribution in [0.25, 0.3) is 6.08 Å². The first-order chi connectivity index (χ1) is 5.79. The summed E-state index contributed by atoms with van der Waals surface area (Å²) in [7, 11) is 0. The average Bonchev–Trinajstić information content (AvgIpc) is 2.09. The van der Waals surface area contributed by atoms with Crippen LogP contribution in [-0.4, -0.2) is 4.98 Å². The molecule has 2 heteroatoms. The van der Waals surface area contributed by atoms with Crippen molar-refractivity contribution in [3.63, 3.8) is 0 Å². The van der Waals surface area contributed by atoms with Crippen LogP contribution in [0.15, 0.2) is 23.1 Å². The fourth-order valence-corrected chi connectivity index (χ4v) is 1.19. The first-order valence-corrected chi connectivity index (χ1v) is 4.12. The molecule has 0 unspecified atom stereocenters. The Labute approximate surface area is 71.9 Å². The highest BCUT2D eigenvalue weighted by molar-refractivity contribution is 5.51. The second-order valence-electron chi connectivity index (χ2n) is 2.60. The molecule has 0 fully saturated rings. The third-order valence-electron chi connectivity index (χ3n) is 1.80. The maximum atomic E-state index is 11.3. The summed E-state index contributed by atoms with van der Waals surface area (Å²) in [4.78, 5) is 13.9. The maximum Gasteiger partial charge on any atom is 0.255 e. The highest BCUT2D eigenvalue weighted by Gasteiger charge is 1.99. The topological polar surface area (TPSA) is 32.9 Å². The van der Waals surface area contributed by atoms with E-state index >= 15 is 0 Å². The molecular formula is C10H13NO. The summed E-state index contributed by atoms with van der Waals surface area (Å²) in [5.74, 6) is 0. The second kappa shape index (κ2) is 3.90. The van der Waals surface area contributed by atoms with Gasteiger partial charge in [0.05, 0.1) is 0 Å².